The molecule has 0 aliphatic heterocycles. The molecule has 2 aromatic carbocycles. The van der Waals surface area contributed by atoms with Crippen LogP contribution in [0.5, 0.6) is 5.75 Å². The first-order valence-corrected chi connectivity index (χ1v) is 7.85. The molecule has 0 atom stereocenters. The van der Waals surface area contributed by atoms with Crippen LogP contribution in [0.1, 0.15) is 16.2 Å². The summed E-state index contributed by atoms with van der Waals surface area (Å²) in [6.07, 6.45) is 0. The van der Waals surface area contributed by atoms with E-state index in [9.17, 15) is 4.79 Å². The predicted octanol–water partition coefficient (Wildman–Crippen LogP) is 3.86. The van der Waals surface area contributed by atoms with E-state index >= 15 is 0 Å². The molecule has 0 fully saturated rings. The van der Waals surface area contributed by atoms with Crippen LogP contribution in [-0.2, 0) is 11.3 Å². The Kier molecular flexibility index (Phi) is 4.90. The summed E-state index contributed by atoms with van der Waals surface area (Å²) in [5.74, 6) is 0.491. The molecule has 1 heterocycles. The zero-order valence-electron chi connectivity index (χ0n) is 12.7. The van der Waals surface area contributed by atoms with E-state index in [1.54, 1.807) is 24.3 Å². The summed E-state index contributed by atoms with van der Waals surface area (Å²) in [6.45, 7) is -0.117. The van der Waals surface area contributed by atoms with Gasteiger partial charge in [-0.2, -0.15) is 0 Å². The lowest BCUT2D eigenvalue weighted by Crippen LogP contribution is -2.07. The standard InChI is InChI=1S/C17H13BrN2O4/c1-22-14-9-5-3-7-12(14)17(21)23-10-15-19-20-16(24-15)11-6-2-4-8-13(11)18/h2-9H,10H2,1H3. The van der Waals surface area contributed by atoms with Gasteiger partial charge in [0.25, 0.3) is 5.89 Å². The molecular weight excluding hydrogens is 376 g/mol. The molecule has 0 unspecified atom stereocenters. The summed E-state index contributed by atoms with van der Waals surface area (Å²) in [4.78, 5) is 12.1. The Balaban J connectivity index is 1.70. The summed E-state index contributed by atoms with van der Waals surface area (Å²) < 4.78 is 16.7. The summed E-state index contributed by atoms with van der Waals surface area (Å²) in [5, 5.41) is 7.86. The van der Waals surface area contributed by atoms with E-state index in [0.717, 1.165) is 10.0 Å². The molecule has 0 bridgehead atoms. The van der Waals surface area contributed by atoms with Gasteiger partial charge in [0.05, 0.1) is 12.7 Å². The molecule has 24 heavy (non-hydrogen) atoms. The maximum Gasteiger partial charge on any atom is 0.342 e. The number of benzene rings is 2. The van der Waals surface area contributed by atoms with Crippen LogP contribution in [0.4, 0.5) is 0 Å². The zero-order valence-corrected chi connectivity index (χ0v) is 14.3. The maximum absolute atomic E-state index is 12.1. The van der Waals surface area contributed by atoms with Crippen molar-refractivity contribution in [1.29, 1.82) is 0 Å². The van der Waals surface area contributed by atoms with Crippen molar-refractivity contribution >= 4 is 21.9 Å². The molecule has 6 nitrogen and oxygen atoms in total. The largest absolute Gasteiger partial charge is 0.496 e. The number of hydrogen-bond acceptors (Lipinski definition) is 6. The summed E-state index contributed by atoms with van der Waals surface area (Å²) in [5.41, 5.74) is 1.11. The molecule has 0 radical (unpaired) electrons. The van der Waals surface area contributed by atoms with Crippen molar-refractivity contribution < 1.29 is 18.7 Å². The number of nitrogens with zero attached hydrogens (tertiary/aromatic N) is 2. The molecule has 0 saturated heterocycles. The number of carbonyl (C=O) groups is 1. The molecule has 0 N–H and O–H groups in total. The minimum atomic E-state index is -0.520. The van der Waals surface area contributed by atoms with Gasteiger partial charge in [0.2, 0.25) is 5.89 Å². The van der Waals surface area contributed by atoms with Crippen molar-refractivity contribution in [3.05, 3.63) is 64.5 Å². The second-order valence-electron chi connectivity index (χ2n) is 4.76. The Bertz CT molecular complexity index is 863. The molecule has 0 amide bonds. The predicted molar refractivity (Wildman–Crippen MR) is 89.5 cm³/mol. The lowest BCUT2D eigenvalue weighted by Gasteiger charge is -2.06. The fourth-order valence-corrected chi connectivity index (χ4v) is 2.53. The fourth-order valence-electron chi connectivity index (χ4n) is 2.07. The normalized spacial score (nSPS) is 10.4. The summed E-state index contributed by atoms with van der Waals surface area (Å²) in [6, 6.07) is 14.3. The van der Waals surface area contributed by atoms with E-state index in [1.807, 2.05) is 24.3 Å². The lowest BCUT2D eigenvalue weighted by molar-refractivity contribution is 0.0435. The highest BCUT2D eigenvalue weighted by Crippen LogP contribution is 2.27. The summed E-state index contributed by atoms with van der Waals surface area (Å²) >= 11 is 3.42. The van der Waals surface area contributed by atoms with Crippen LogP contribution in [0, 0.1) is 0 Å². The first kappa shape index (κ1) is 16.2. The topological polar surface area (TPSA) is 74.5 Å². The lowest BCUT2D eigenvalue weighted by atomic mass is 10.2. The van der Waals surface area contributed by atoms with E-state index in [-0.39, 0.29) is 12.5 Å². The van der Waals surface area contributed by atoms with E-state index in [0.29, 0.717) is 17.2 Å². The van der Waals surface area contributed by atoms with Crippen molar-refractivity contribution in [2.24, 2.45) is 0 Å². The molecule has 1 aromatic heterocycles. The molecule has 3 aromatic rings. The Hall–Kier alpha value is -2.67. The van der Waals surface area contributed by atoms with Gasteiger partial charge in [0, 0.05) is 4.47 Å². The Morgan fingerprint density at radius 1 is 1.12 bits per heavy atom. The Morgan fingerprint density at radius 2 is 1.88 bits per heavy atom. The molecule has 122 valence electrons. The third-order valence-corrected chi connectivity index (χ3v) is 3.92. The number of methoxy groups -OCH3 is 1. The highest BCUT2D eigenvalue weighted by atomic mass is 79.9. The number of ether oxygens (including phenoxy) is 2. The van der Waals surface area contributed by atoms with Gasteiger partial charge < -0.3 is 13.9 Å². The average molecular weight is 389 g/mol. The number of halogens is 1. The van der Waals surface area contributed by atoms with Crippen LogP contribution in [0.2, 0.25) is 0 Å². The van der Waals surface area contributed by atoms with Gasteiger partial charge in [-0.15, -0.1) is 10.2 Å². The van der Waals surface area contributed by atoms with Crippen molar-refractivity contribution in [1.82, 2.24) is 10.2 Å². The SMILES string of the molecule is COc1ccccc1C(=O)OCc1nnc(-c2ccccc2Br)o1. The van der Waals surface area contributed by atoms with Gasteiger partial charge in [-0.1, -0.05) is 24.3 Å². The first-order valence-electron chi connectivity index (χ1n) is 7.06. The summed E-state index contributed by atoms with van der Waals surface area (Å²) in [7, 11) is 1.49. The van der Waals surface area contributed by atoms with E-state index in [2.05, 4.69) is 26.1 Å². The number of aromatic nitrogens is 2. The number of carbonyl (C=O) groups excluding carboxylic acids is 1. The second-order valence-corrected chi connectivity index (χ2v) is 5.61. The molecule has 7 heteroatoms. The number of rotatable bonds is 5. The van der Waals surface area contributed by atoms with Crippen molar-refractivity contribution in [3.63, 3.8) is 0 Å². The molecule has 3 rings (SSSR count). The molecule has 0 aliphatic rings. The van der Waals surface area contributed by atoms with Gasteiger partial charge >= 0.3 is 5.97 Å². The maximum atomic E-state index is 12.1. The number of para-hydroxylation sites is 1. The molecule has 0 saturated carbocycles. The van der Waals surface area contributed by atoms with Crippen LogP contribution >= 0.6 is 15.9 Å². The van der Waals surface area contributed by atoms with Crippen molar-refractivity contribution in [2.75, 3.05) is 7.11 Å². The van der Waals surface area contributed by atoms with Crippen molar-refractivity contribution in [2.45, 2.75) is 6.61 Å². The Morgan fingerprint density at radius 3 is 2.67 bits per heavy atom. The molecular formula is C17H13BrN2O4. The highest BCUT2D eigenvalue weighted by molar-refractivity contribution is 9.10. The van der Waals surface area contributed by atoms with Gasteiger partial charge in [-0.25, -0.2) is 4.79 Å². The van der Waals surface area contributed by atoms with E-state index < -0.39 is 5.97 Å². The van der Waals surface area contributed by atoms with E-state index in [1.165, 1.54) is 7.11 Å². The van der Waals surface area contributed by atoms with Crippen LogP contribution < -0.4 is 4.74 Å². The van der Waals surface area contributed by atoms with Crippen LogP contribution in [-0.4, -0.2) is 23.3 Å². The van der Waals surface area contributed by atoms with Gasteiger partial charge in [0.1, 0.15) is 11.3 Å². The third kappa shape index (κ3) is 3.46. The zero-order chi connectivity index (χ0) is 16.9. The molecule has 0 aliphatic carbocycles. The van der Waals surface area contributed by atoms with Crippen LogP contribution in [0.3, 0.4) is 0 Å². The molecule has 0 spiro atoms. The number of hydrogen-bond donors (Lipinski definition) is 0. The monoisotopic (exact) mass is 388 g/mol. The smallest absolute Gasteiger partial charge is 0.342 e. The van der Waals surface area contributed by atoms with Crippen LogP contribution in [0.15, 0.2) is 57.4 Å². The first-order chi connectivity index (χ1) is 11.7. The Labute approximate surface area is 146 Å². The highest BCUT2D eigenvalue weighted by Gasteiger charge is 2.16. The average Bonchev–Trinajstić information content (AvgIpc) is 3.08. The van der Waals surface area contributed by atoms with Crippen molar-refractivity contribution in [3.8, 4) is 17.2 Å². The van der Waals surface area contributed by atoms with Crippen LogP contribution in [0.25, 0.3) is 11.5 Å². The third-order valence-electron chi connectivity index (χ3n) is 3.22. The van der Waals surface area contributed by atoms with Gasteiger partial charge in [-0.3, -0.25) is 0 Å². The minimum absolute atomic E-state index is 0.117. The van der Waals surface area contributed by atoms with Gasteiger partial charge in [0.15, 0.2) is 6.61 Å². The van der Waals surface area contributed by atoms with Gasteiger partial charge in [-0.05, 0) is 40.2 Å². The fraction of sp³-hybridized carbons (Fsp3) is 0.118. The van der Waals surface area contributed by atoms with E-state index in [4.69, 9.17) is 13.9 Å². The second kappa shape index (κ2) is 7.27. The minimum Gasteiger partial charge on any atom is -0.496 e. The number of esters is 1. The quantitative estimate of drug-likeness (QED) is 0.617.